The van der Waals surface area contributed by atoms with Gasteiger partial charge < -0.3 is 25.1 Å². The molecule has 0 bridgehead atoms. The van der Waals surface area contributed by atoms with E-state index in [-0.39, 0.29) is 0 Å². The highest BCUT2D eigenvalue weighted by atomic mass is 16.5. The van der Waals surface area contributed by atoms with Crippen molar-refractivity contribution >= 4 is 17.2 Å². The Balaban J connectivity index is 2.16. The van der Waals surface area contributed by atoms with Gasteiger partial charge in [0, 0.05) is 24.8 Å². The van der Waals surface area contributed by atoms with Crippen LogP contribution < -0.4 is 15.2 Å². The highest BCUT2D eigenvalue weighted by Crippen LogP contribution is 2.32. The number of unbranched alkanes of at least 4 members (excludes halogenated alkanes) is 1. The van der Waals surface area contributed by atoms with Crippen LogP contribution in [0.1, 0.15) is 44.2 Å². The molecule has 0 spiro atoms. The standard InChI is InChI=1S/C25H33NO5/c1-3-5-14-30-24-17-20(21(18-25(27)28)13-15-29-4-2)8-11-23(24)31-16-12-19-6-9-22(26)10-7-19/h6-11,17-18H,3-5,12-16,26H2,1-2H3,(H,27,28). The minimum atomic E-state index is -0.983. The lowest BCUT2D eigenvalue weighted by Crippen LogP contribution is -2.05. The summed E-state index contributed by atoms with van der Waals surface area (Å²) in [5.41, 5.74) is 9.09. The molecule has 2 aromatic rings. The molecule has 0 radical (unpaired) electrons. The van der Waals surface area contributed by atoms with Crippen molar-refractivity contribution in [2.45, 2.75) is 39.5 Å². The maximum Gasteiger partial charge on any atom is 0.328 e. The molecule has 2 rings (SSSR count). The first kappa shape index (κ1) is 24.3. The lowest BCUT2D eigenvalue weighted by atomic mass is 10.0. The third-order valence-corrected chi connectivity index (χ3v) is 4.72. The largest absolute Gasteiger partial charge is 0.490 e. The monoisotopic (exact) mass is 427 g/mol. The molecule has 168 valence electrons. The van der Waals surface area contributed by atoms with Crippen LogP contribution in [0, 0.1) is 0 Å². The van der Waals surface area contributed by atoms with E-state index < -0.39 is 5.97 Å². The second kappa shape index (κ2) is 13.3. The Hall–Kier alpha value is -2.99. The quantitative estimate of drug-likeness (QED) is 0.251. The lowest BCUT2D eigenvalue weighted by molar-refractivity contribution is -0.131. The van der Waals surface area contributed by atoms with Crippen LogP contribution in [-0.2, 0) is 16.0 Å². The Morgan fingerprint density at radius 1 is 1.00 bits per heavy atom. The summed E-state index contributed by atoms with van der Waals surface area (Å²) >= 11 is 0. The maximum absolute atomic E-state index is 11.3. The SMILES string of the molecule is CCCCOc1cc(C(=CC(=O)O)CCOCC)ccc1OCCc1ccc(N)cc1. The van der Waals surface area contributed by atoms with Crippen LogP contribution in [-0.4, -0.2) is 37.5 Å². The summed E-state index contributed by atoms with van der Waals surface area (Å²) in [6, 6.07) is 13.3. The van der Waals surface area contributed by atoms with Gasteiger partial charge in [0.15, 0.2) is 11.5 Å². The number of rotatable bonds is 14. The first-order valence-corrected chi connectivity index (χ1v) is 10.8. The van der Waals surface area contributed by atoms with Gasteiger partial charge in [-0.1, -0.05) is 31.5 Å². The lowest BCUT2D eigenvalue weighted by Gasteiger charge is -2.16. The minimum Gasteiger partial charge on any atom is -0.490 e. The van der Waals surface area contributed by atoms with Crippen LogP contribution in [0.2, 0.25) is 0 Å². The van der Waals surface area contributed by atoms with Crippen LogP contribution >= 0.6 is 0 Å². The average molecular weight is 428 g/mol. The molecule has 0 amide bonds. The van der Waals surface area contributed by atoms with Crippen LogP contribution in [0.4, 0.5) is 5.69 Å². The molecule has 0 heterocycles. The molecule has 2 aromatic carbocycles. The van der Waals surface area contributed by atoms with Gasteiger partial charge in [-0.05, 0) is 60.7 Å². The zero-order valence-corrected chi connectivity index (χ0v) is 18.4. The van der Waals surface area contributed by atoms with E-state index in [1.54, 1.807) is 0 Å². The van der Waals surface area contributed by atoms with Gasteiger partial charge in [-0.2, -0.15) is 0 Å². The number of ether oxygens (including phenoxy) is 3. The first-order valence-electron chi connectivity index (χ1n) is 10.8. The van der Waals surface area contributed by atoms with Gasteiger partial charge in [0.1, 0.15) is 0 Å². The summed E-state index contributed by atoms with van der Waals surface area (Å²) in [6.45, 7) is 6.14. The van der Waals surface area contributed by atoms with Gasteiger partial charge in [-0.25, -0.2) is 4.79 Å². The van der Waals surface area contributed by atoms with Gasteiger partial charge in [0.2, 0.25) is 0 Å². The van der Waals surface area contributed by atoms with Crippen molar-refractivity contribution in [1.82, 2.24) is 0 Å². The second-order valence-electron chi connectivity index (χ2n) is 7.16. The van der Waals surface area contributed by atoms with E-state index in [9.17, 15) is 9.90 Å². The Morgan fingerprint density at radius 3 is 2.42 bits per heavy atom. The van der Waals surface area contributed by atoms with Crippen molar-refractivity contribution in [2.24, 2.45) is 0 Å². The predicted molar refractivity (Wildman–Crippen MR) is 124 cm³/mol. The zero-order chi connectivity index (χ0) is 22.5. The summed E-state index contributed by atoms with van der Waals surface area (Å²) in [5, 5.41) is 9.26. The first-order chi connectivity index (χ1) is 15.0. The van der Waals surface area contributed by atoms with E-state index in [0.29, 0.717) is 49.9 Å². The summed E-state index contributed by atoms with van der Waals surface area (Å²) in [4.78, 5) is 11.3. The molecule has 0 saturated carbocycles. The molecule has 3 N–H and O–H groups in total. The fourth-order valence-electron chi connectivity index (χ4n) is 3.00. The molecular formula is C25H33NO5. The van der Waals surface area contributed by atoms with Crippen molar-refractivity contribution < 1.29 is 24.1 Å². The van der Waals surface area contributed by atoms with Crippen molar-refractivity contribution in [3.8, 4) is 11.5 Å². The van der Waals surface area contributed by atoms with E-state index in [2.05, 4.69) is 6.92 Å². The Morgan fingerprint density at radius 2 is 1.74 bits per heavy atom. The number of anilines is 1. The third-order valence-electron chi connectivity index (χ3n) is 4.72. The van der Waals surface area contributed by atoms with Crippen LogP contribution in [0.25, 0.3) is 5.57 Å². The highest BCUT2D eigenvalue weighted by Gasteiger charge is 2.12. The fourth-order valence-corrected chi connectivity index (χ4v) is 3.00. The van der Waals surface area contributed by atoms with Gasteiger partial charge in [0.05, 0.1) is 19.8 Å². The molecular weight excluding hydrogens is 394 g/mol. The number of nitrogen functional groups attached to an aromatic ring is 1. The van der Waals surface area contributed by atoms with E-state index >= 15 is 0 Å². The van der Waals surface area contributed by atoms with Crippen molar-refractivity contribution in [2.75, 3.05) is 32.2 Å². The van der Waals surface area contributed by atoms with Crippen molar-refractivity contribution in [3.63, 3.8) is 0 Å². The summed E-state index contributed by atoms with van der Waals surface area (Å²) in [5.74, 6) is 0.287. The number of carbonyl (C=O) groups is 1. The van der Waals surface area contributed by atoms with Gasteiger partial charge in [-0.3, -0.25) is 0 Å². The van der Waals surface area contributed by atoms with Gasteiger partial charge in [-0.15, -0.1) is 0 Å². The van der Waals surface area contributed by atoms with Gasteiger partial charge in [0.25, 0.3) is 0 Å². The zero-order valence-electron chi connectivity index (χ0n) is 18.4. The van der Waals surface area contributed by atoms with Gasteiger partial charge >= 0.3 is 5.97 Å². The van der Waals surface area contributed by atoms with Crippen molar-refractivity contribution in [3.05, 3.63) is 59.7 Å². The number of hydrogen-bond donors (Lipinski definition) is 2. The maximum atomic E-state index is 11.3. The van der Waals surface area contributed by atoms with E-state index in [0.717, 1.165) is 36.1 Å². The molecule has 0 aliphatic carbocycles. The summed E-state index contributed by atoms with van der Waals surface area (Å²) in [7, 11) is 0. The van der Waals surface area contributed by atoms with Crippen molar-refractivity contribution in [1.29, 1.82) is 0 Å². The molecule has 6 heteroatoms. The summed E-state index contributed by atoms with van der Waals surface area (Å²) in [6.07, 6.45) is 4.43. The topological polar surface area (TPSA) is 91.0 Å². The molecule has 0 fully saturated rings. The van der Waals surface area contributed by atoms with E-state index in [1.165, 1.54) is 6.08 Å². The van der Waals surface area contributed by atoms with Crippen LogP contribution in [0.5, 0.6) is 11.5 Å². The highest BCUT2D eigenvalue weighted by molar-refractivity contribution is 5.90. The molecule has 31 heavy (non-hydrogen) atoms. The van der Waals surface area contributed by atoms with Crippen LogP contribution in [0.3, 0.4) is 0 Å². The smallest absolute Gasteiger partial charge is 0.328 e. The molecule has 0 unspecified atom stereocenters. The van der Waals surface area contributed by atoms with E-state index in [1.807, 2.05) is 49.4 Å². The number of carboxylic acid groups (broad SMARTS) is 1. The van der Waals surface area contributed by atoms with Crippen LogP contribution in [0.15, 0.2) is 48.5 Å². The Labute approximate surface area is 184 Å². The minimum absolute atomic E-state index is 0.460. The fraction of sp³-hybridized carbons (Fsp3) is 0.400. The number of benzene rings is 2. The molecule has 0 saturated heterocycles. The second-order valence-corrected chi connectivity index (χ2v) is 7.16. The third kappa shape index (κ3) is 8.72. The Bertz CT molecular complexity index is 845. The number of carboxylic acids is 1. The average Bonchev–Trinajstić information content (AvgIpc) is 2.75. The predicted octanol–water partition coefficient (Wildman–Crippen LogP) is 4.96. The van der Waals surface area contributed by atoms with E-state index in [4.69, 9.17) is 19.9 Å². The number of aliphatic carboxylic acids is 1. The molecule has 0 aliphatic heterocycles. The normalized spacial score (nSPS) is 11.4. The number of hydrogen-bond acceptors (Lipinski definition) is 5. The molecule has 0 aliphatic rings. The Kier molecular flexibility index (Phi) is 10.4. The summed E-state index contributed by atoms with van der Waals surface area (Å²) < 4.78 is 17.4. The molecule has 0 aromatic heterocycles. The molecule has 0 atom stereocenters. The number of nitrogens with two attached hydrogens (primary N) is 1. The molecule has 6 nitrogen and oxygen atoms in total.